The predicted octanol–water partition coefficient (Wildman–Crippen LogP) is 0.246. The number of hydrogen-bond acceptors (Lipinski definition) is 3. The Morgan fingerprint density at radius 3 is 2.73 bits per heavy atom. The van der Waals surface area contributed by atoms with Gasteiger partial charge in [0.2, 0.25) is 0 Å². The van der Waals surface area contributed by atoms with Crippen LogP contribution in [0, 0.1) is 11.3 Å². The highest BCUT2D eigenvalue weighted by Crippen LogP contribution is 2.13. The Morgan fingerprint density at radius 1 is 1.60 bits per heavy atom. The Balaban J connectivity index is 2.36. The van der Waals surface area contributed by atoms with E-state index in [1.165, 1.54) is 0 Å². The fraction of sp³-hybridized carbons (Fsp3) is 0.800. The molecule has 5 heteroatoms. The summed E-state index contributed by atoms with van der Waals surface area (Å²) in [4.78, 5) is 15.5. The quantitative estimate of drug-likeness (QED) is 0.664. The van der Waals surface area contributed by atoms with Crippen LogP contribution in [0.4, 0.5) is 4.79 Å². The molecule has 0 unspecified atom stereocenters. The number of likely N-dealkylation sites (tertiary alicyclic amines) is 1. The number of nitrogens with zero attached hydrogens (tertiary/aromatic N) is 3. The summed E-state index contributed by atoms with van der Waals surface area (Å²) in [6.45, 7) is 2.14. The predicted molar refractivity (Wildman–Crippen MR) is 57.3 cm³/mol. The second-order valence-corrected chi connectivity index (χ2v) is 3.96. The molecule has 15 heavy (non-hydrogen) atoms. The average molecular weight is 210 g/mol. The number of piperidine rings is 1. The molecule has 0 saturated carbocycles. The van der Waals surface area contributed by atoms with Crippen LogP contribution in [0.5, 0.6) is 0 Å². The van der Waals surface area contributed by atoms with E-state index < -0.39 is 0 Å². The first-order valence-corrected chi connectivity index (χ1v) is 5.21. The maximum atomic E-state index is 11.5. The molecule has 1 rings (SSSR count). The number of carbonyl (C=O) groups excluding carboxylic acids is 1. The van der Waals surface area contributed by atoms with Gasteiger partial charge in [0.25, 0.3) is 0 Å². The van der Waals surface area contributed by atoms with Gasteiger partial charge in [0.05, 0.1) is 6.07 Å². The molecule has 1 aliphatic heterocycles. The average Bonchev–Trinajstić information content (AvgIpc) is 2.26. The highest BCUT2D eigenvalue weighted by atomic mass is 16.2. The van der Waals surface area contributed by atoms with E-state index in [4.69, 9.17) is 5.26 Å². The van der Waals surface area contributed by atoms with Gasteiger partial charge in [-0.25, -0.2) is 4.79 Å². The second kappa shape index (κ2) is 5.56. The first-order valence-electron chi connectivity index (χ1n) is 5.21. The third-order valence-electron chi connectivity index (χ3n) is 2.87. The van der Waals surface area contributed by atoms with E-state index in [1.807, 2.05) is 6.07 Å². The number of amides is 2. The highest BCUT2D eigenvalue weighted by molar-refractivity contribution is 5.74. The zero-order chi connectivity index (χ0) is 11.3. The maximum absolute atomic E-state index is 11.5. The third-order valence-corrected chi connectivity index (χ3v) is 2.87. The van der Waals surface area contributed by atoms with Crippen molar-refractivity contribution >= 4 is 6.03 Å². The molecule has 5 nitrogen and oxygen atoms in total. The van der Waals surface area contributed by atoms with Crippen molar-refractivity contribution in [1.82, 2.24) is 15.1 Å². The molecule has 0 aliphatic carbocycles. The van der Waals surface area contributed by atoms with Crippen molar-refractivity contribution in [2.75, 3.05) is 33.7 Å². The largest absolute Gasteiger partial charge is 0.325 e. The molecule has 1 fully saturated rings. The molecule has 1 aliphatic rings. The number of nitrogens with one attached hydrogen (secondary N) is 1. The fourth-order valence-electron chi connectivity index (χ4n) is 1.79. The summed E-state index contributed by atoms with van der Waals surface area (Å²) < 4.78 is 0. The minimum absolute atomic E-state index is 0.0792. The molecule has 0 radical (unpaired) electrons. The standard InChI is InChI=1S/C10H18N4O/c1-13-7-3-9(4-8-13)14(2)10(15)12-6-5-11/h9H,3-4,6-8H2,1-2H3,(H,12,15). The van der Waals surface area contributed by atoms with Gasteiger partial charge in [-0.2, -0.15) is 5.26 Å². The van der Waals surface area contributed by atoms with Crippen LogP contribution in [0.3, 0.4) is 0 Å². The van der Waals surface area contributed by atoms with Crippen LogP contribution < -0.4 is 5.32 Å². The van der Waals surface area contributed by atoms with Crippen molar-refractivity contribution in [3.63, 3.8) is 0 Å². The van der Waals surface area contributed by atoms with E-state index in [-0.39, 0.29) is 12.6 Å². The minimum Gasteiger partial charge on any atom is -0.325 e. The van der Waals surface area contributed by atoms with Gasteiger partial charge in [-0.3, -0.25) is 0 Å². The second-order valence-electron chi connectivity index (χ2n) is 3.96. The first kappa shape index (κ1) is 11.8. The molecule has 0 spiro atoms. The van der Waals surface area contributed by atoms with Crippen LogP contribution in [0.25, 0.3) is 0 Å². The Hall–Kier alpha value is -1.28. The summed E-state index contributed by atoms with van der Waals surface area (Å²) >= 11 is 0. The van der Waals surface area contributed by atoms with Crippen molar-refractivity contribution in [3.05, 3.63) is 0 Å². The Morgan fingerprint density at radius 2 is 2.20 bits per heavy atom. The van der Waals surface area contributed by atoms with Crippen molar-refractivity contribution < 1.29 is 4.79 Å². The molecular weight excluding hydrogens is 192 g/mol. The van der Waals surface area contributed by atoms with Gasteiger partial charge in [0.15, 0.2) is 0 Å². The summed E-state index contributed by atoms with van der Waals surface area (Å²) in [5.41, 5.74) is 0. The molecule has 2 amide bonds. The lowest BCUT2D eigenvalue weighted by Crippen LogP contribution is -2.48. The van der Waals surface area contributed by atoms with Gasteiger partial charge in [0, 0.05) is 13.1 Å². The van der Waals surface area contributed by atoms with E-state index in [2.05, 4.69) is 17.3 Å². The summed E-state index contributed by atoms with van der Waals surface area (Å²) in [6, 6.07) is 2.05. The van der Waals surface area contributed by atoms with Crippen LogP contribution in [0.1, 0.15) is 12.8 Å². The molecule has 0 bridgehead atoms. The van der Waals surface area contributed by atoms with Crippen molar-refractivity contribution in [2.24, 2.45) is 0 Å². The molecule has 84 valence electrons. The zero-order valence-electron chi connectivity index (χ0n) is 9.36. The molecule has 0 aromatic heterocycles. The summed E-state index contributed by atoms with van der Waals surface area (Å²) in [5.74, 6) is 0. The third kappa shape index (κ3) is 3.40. The highest BCUT2D eigenvalue weighted by Gasteiger charge is 2.23. The van der Waals surface area contributed by atoms with Crippen LogP contribution in [0.15, 0.2) is 0 Å². The Bertz CT molecular complexity index is 253. The number of carbonyl (C=O) groups is 1. The molecule has 0 aromatic carbocycles. The Labute approximate surface area is 90.6 Å². The first-order chi connectivity index (χ1) is 7.15. The summed E-state index contributed by atoms with van der Waals surface area (Å²) in [7, 11) is 3.88. The van der Waals surface area contributed by atoms with Gasteiger partial charge in [-0.05, 0) is 33.0 Å². The van der Waals surface area contributed by atoms with Crippen LogP contribution in [-0.4, -0.2) is 55.6 Å². The SMILES string of the molecule is CN1CCC(N(C)C(=O)NCC#N)CC1. The lowest BCUT2D eigenvalue weighted by molar-refractivity contribution is 0.148. The lowest BCUT2D eigenvalue weighted by atomic mass is 10.0. The lowest BCUT2D eigenvalue weighted by Gasteiger charge is -2.34. The van der Waals surface area contributed by atoms with Gasteiger partial charge in [-0.15, -0.1) is 0 Å². The minimum atomic E-state index is -0.147. The van der Waals surface area contributed by atoms with E-state index in [0.717, 1.165) is 25.9 Å². The smallest absolute Gasteiger partial charge is 0.318 e. The molecule has 1 heterocycles. The van der Waals surface area contributed by atoms with Crippen LogP contribution in [-0.2, 0) is 0 Å². The molecule has 0 aromatic rings. The number of rotatable bonds is 2. The van der Waals surface area contributed by atoms with Crippen LogP contribution >= 0.6 is 0 Å². The monoisotopic (exact) mass is 210 g/mol. The van der Waals surface area contributed by atoms with Crippen molar-refractivity contribution in [2.45, 2.75) is 18.9 Å². The molecule has 1 N–H and O–H groups in total. The molecule has 1 saturated heterocycles. The van der Waals surface area contributed by atoms with Gasteiger partial charge < -0.3 is 15.1 Å². The number of urea groups is 1. The maximum Gasteiger partial charge on any atom is 0.318 e. The Kier molecular flexibility index (Phi) is 4.37. The van der Waals surface area contributed by atoms with Crippen molar-refractivity contribution in [3.8, 4) is 6.07 Å². The fourth-order valence-corrected chi connectivity index (χ4v) is 1.79. The molecule has 0 atom stereocenters. The topological polar surface area (TPSA) is 59.4 Å². The number of hydrogen-bond donors (Lipinski definition) is 1. The summed E-state index contributed by atoms with van der Waals surface area (Å²) in [5, 5.41) is 10.9. The molecular formula is C10H18N4O. The van der Waals surface area contributed by atoms with E-state index >= 15 is 0 Å². The van der Waals surface area contributed by atoms with E-state index in [9.17, 15) is 4.79 Å². The van der Waals surface area contributed by atoms with Crippen molar-refractivity contribution in [1.29, 1.82) is 5.26 Å². The van der Waals surface area contributed by atoms with Gasteiger partial charge in [-0.1, -0.05) is 0 Å². The normalized spacial score (nSPS) is 18.2. The summed E-state index contributed by atoms with van der Waals surface area (Å²) in [6.07, 6.45) is 2.01. The van der Waals surface area contributed by atoms with Gasteiger partial charge >= 0.3 is 6.03 Å². The zero-order valence-corrected chi connectivity index (χ0v) is 9.36. The van der Waals surface area contributed by atoms with E-state index in [0.29, 0.717) is 6.04 Å². The number of nitriles is 1. The van der Waals surface area contributed by atoms with E-state index in [1.54, 1.807) is 11.9 Å². The van der Waals surface area contributed by atoms with Gasteiger partial charge in [0.1, 0.15) is 6.54 Å². The van der Waals surface area contributed by atoms with Crippen LogP contribution in [0.2, 0.25) is 0 Å².